The van der Waals surface area contributed by atoms with Crippen LogP contribution in [0.15, 0.2) is 34.8 Å². The zero-order valence-corrected chi connectivity index (χ0v) is 9.87. The van der Waals surface area contributed by atoms with Gasteiger partial charge in [0.1, 0.15) is 11.3 Å². The van der Waals surface area contributed by atoms with Crippen LogP contribution < -0.4 is 0 Å². The van der Waals surface area contributed by atoms with E-state index in [2.05, 4.69) is 12.1 Å². The summed E-state index contributed by atoms with van der Waals surface area (Å²) in [5, 5.41) is 1.19. The first-order chi connectivity index (χ1) is 7.33. The van der Waals surface area contributed by atoms with Crippen LogP contribution in [0.25, 0.3) is 17.0 Å². The van der Waals surface area contributed by atoms with Crippen molar-refractivity contribution in [3.05, 3.63) is 41.7 Å². The second kappa shape index (κ2) is 5.40. The Balaban J connectivity index is 0.000000531. The van der Waals surface area contributed by atoms with Crippen molar-refractivity contribution in [2.75, 3.05) is 0 Å². The lowest BCUT2D eigenvalue weighted by Crippen LogP contribution is -1.70. The first-order valence-corrected chi connectivity index (χ1v) is 5.43. The monoisotopic (exact) mass is 202 g/mol. The molecule has 1 aromatic carbocycles. The molecule has 1 heteroatoms. The molecule has 0 fully saturated rings. The summed E-state index contributed by atoms with van der Waals surface area (Å²) in [6, 6.07) is 8.10. The fraction of sp³-hybridized carbons (Fsp3) is 0.286. The van der Waals surface area contributed by atoms with Crippen LogP contribution in [0.1, 0.15) is 32.1 Å². The Morgan fingerprint density at radius 1 is 1.13 bits per heavy atom. The van der Waals surface area contributed by atoms with E-state index in [1.54, 1.807) is 0 Å². The Morgan fingerprint density at radius 2 is 1.80 bits per heavy atom. The van der Waals surface area contributed by atoms with Crippen LogP contribution >= 0.6 is 0 Å². The quantitative estimate of drug-likeness (QED) is 0.647. The molecule has 1 nitrogen and oxygen atoms in total. The number of benzene rings is 1. The molecule has 0 aliphatic heterocycles. The van der Waals surface area contributed by atoms with Crippen LogP contribution in [-0.4, -0.2) is 0 Å². The van der Waals surface area contributed by atoms with E-state index in [4.69, 9.17) is 4.42 Å². The first-order valence-electron chi connectivity index (χ1n) is 5.43. The summed E-state index contributed by atoms with van der Waals surface area (Å²) in [6.07, 6.45) is 4.12. The van der Waals surface area contributed by atoms with Crippen LogP contribution in [0.5, 0.6) is 0 Å². The highest BCUT2D eigenvalue weighted by Crippen LogP contribution is 2.25. The fourth-order valence-corrected chi connectivity index (χ4v) is 1.56. The topological polar surface area (TPSA) is 13.1 Å². The zero-order valence-electron chi connectivity index (χ0n) is 9.87. The molecule has 0 spiro atoms. The van der Waals surface area contributed by atoms with Crippen LogP contribution in [0, 0.1) is 6.92 Å². The first kappa shape index (κ1) is 11.6. The third kappa shape index (κ3) is 2.30. The highest BCUT2D eigenvalue weighted by Gasteiger charge is 2.05. The van der Waals surface area contributed by atoms with Gasteiger partial charge in [-0.2, -0.15) is 0 Å². The van der Waals surface area contributed by atoms with E-state index in [-0.39, 0.29) is 0 Å². The molecular formula is C14H18O. The highest BCUT2D eigenvalue weighted by molar-refractivity contribution is 5.88. The third-order valence-corrected chi connectivity index (χ3v) is 2.15. The SMILES string of the molecule is C/C=C/c1c(C)oc2ccccc12.CC. The second-order valence-electron chi connectivity index (χ2n) is 3.07. The molecule has 0 unspecified atom stereocenters. The van der Waals surface area contributed by atoms with Gasteiger partial charge >= 0.3 is 0 Å². The zero-order chi connectivity index (χ0) is 11.3. The van der Waals surface area contributed by atoms with Crippen LogP contribution in [-0.2, 0) is 0 Å². The van der Waals surface area contributed by atoms with Gasteiger partial charge in [-0.15, -0.1) is 0 Å². The number of allylic oxidation sites excluding steroid dienone is 1. The van der Waals surface area contributed by atoms with Crippen molar-refractivity contribution in [1.82, 2.24) is 0 Å². The third-order valence-electron chi connectivity index (χ3n) is 2.15. The molecule has 0 saturated carbocycles. The Bertz CT molecular complexity index is 449. The molecule has 15 heavy (non-hydrogen) atoms. The average Bonchev–Trinajstić information content (AvgIpc) is 2.59. The van der Waals surface area contributed by atoms with E-state index in [1.807, 2.05) is 52.0 Å². The smallest absolute Gasteiger partial charge is 0.134 e. The number of aryl methyl sites for hydroxylation is 1. The Morgan fingerprint density at radius 3 is 2.47 bits per heavy atom. The van der Waals surface area contributed by atoms with E-state index in [0.717, 1.165) is 11.3 Å². The maximum absolute atomic E-state index is 5.60. The Labute approximate surface area is 91.4 Å². The van der Waals surface area contributed by atoms with E-state index in [9.17, 15) is 0 Å². The summed E-state index contributed by atoms with van der Waals surface area (Å²) < 4.78 is 5.60. The van der Waals surface area contributed by atoms with Crippen molar-refractivity contribution < 1.29 is 4.42 Å². The maximum Gasteiger partial charge on any atom is 0.134 e. The summed E-state index contributed by atoms with van der Waals surface area (Å²) in [4.78, 5) is 0. The van der Waals surface area contributed by atoms with Gasteiger partial charge in [0.05, 0.1) is 0 Å². The minimum Gasteiger partial charge on any atom is -0.461 e. The van der Waals surface area contributed by atoms with Crippen molar-refractivity contribution in [2.24, 2.45) is 0 Å². The van der Waals surface area contributed by atoms with Gasteiger partial charge in [0, 0.05) is 10.9 Å². The summed E-state index contributed by atoms with van der Waals surface area (Å²) >= 11 is 0. The molecular weight excluding hydrogens is 184 g/mol. The van der Waals surface area contributed by atoms with E-state index in [1.165, 1.54) is 10.9 Å². The summed E-state index contributed by atoms with van der Waals surface area (Å²) in [5.41, 5.74) is 2.16. The largest absolute Gasteiger partial charge is 0.461 e. The number of fused-ring (bicyclic) bond motifs is 1. The molecule has 2 rings (SSSR count). The molecule has 0 aliphatic carbocycles. The molecule has 80 valence electrons. The summed E-state index contributed by atoms with van der Waals surface area (Å²) in [6.45, 7) is 8.01. The molecule has 1 heterocycles. The van der Waals surface area contributed by atoms with Gasteiger partial charge in [0.25, 0.3) is 0 Å². The van der Waals surface area contributed by atoms with Crippen molar-refractivity contribution in [1.29, 1.82) is 0 Å². The number of para-hydroxylation sites is 1. The van der Waals surface area contributed by atoms with Crippen molar-refractivity contribution in [3.63, 3.8) is 0 Å². The lowest BCUT2D eigenvalue weighted by Gasteiger charge is -1.88. The van der Waals surface area contributed by atoms with Gasteiger partial charge in [-0.3, -0.25) is 0 Å². The van der Waals surface area contributed by atoms with Crippen molar-refractivity contribution in [2.45, 2.75) is 27.7 Å². The summed E-state index contributed by atoms with van der Waals surface area (Å²) in [5.74, 6) is 0.985. The molecule has 0 aliphatic rings. The Kier molecular flexibility index (Phi) is 4.17. The lowest BCUT2D eigenvalue weighted by molar-refractivity contribution is 0.577. The Hall–Kier alpha value is -1.50. The minimum absolute atomic E-state index is 0.966. The molecule has 0 radical (unpaired) electrons. The average molecular weight is 202 g/mol. The predicted molar refractivity (Wildman–Crippen MR) is 67.0 cm³/mol. The predicted octanol–water partition coefficient (Wildman–Crippen LogP) is 4.80. The van der Waals surface area contributed by atoms with E-state index in [0.29, 0.717) is 0 Å². The highest BCUT2D eigenvalue weighted by atomic mass is 16.3. The van der Waals surface area contributed by atoms with Gasteiger partial charge in [-0.25, -0.2) is 0 Å². The van der Waals surface area contributed by atoms with Crippen LogP contribution in [0.4, 0.5) is 0 Å². The van der Waals surface area contributed by atoms with E-state index >= 15 is 0 Å². The molecule has 0 bridgehead atoms. The minimum atomic E-state index is 0.966. The van der Waals surface area contributed by atoms with Gasteiger partial charge in [0.2, 0.25) is 0 Å². The lowest BCUT2D eigenvalue weighted by atomic mass is 10.1. The van der Waals surface area contributed by atoms with Crippen molar-refractivity contribution >= 4 is 17.0 Å². The second-order valence-corrected chi connectivity index (χ2v) is 3.07. The van der Waals surface area contributed by atoms with Crippen molar-refractivity contribution in [3.8, 4) is 0 Å². The number of hydrogen-bond acceptors (Lipinski definition) is 1. The molecule has 2 aromatic rings. The number of rotatable bonds is 1. The molecule has 1 aromatic heterocycles. The number of furan rings is 1. The van der Waals surface area contributed by atoms with Gasteiger partial charge in [-0.05, 0) is 19.9 Å². The van der Waals surface area contributed by atoms with Gasteiger partial charge < -0.3 is 4.42 Å². The van der Waals surface area contributed by atoms with E-state index < -0.39 is 0 Å². The van der Waals surface area contributed by atoms with Crippen LogP contribution in [0.2, 0.25) is 0 Å². The fourth-order valence-electron chi connectivity index (χ4n) is 1.56. The van der Waals surface area contributed by atoms with Gasteiger partial charge in [0.15, 0.2) is 0 Å². The normalized spacial score (nSPS) is 10.4. The van der Waals surface area contributed by atoms with Gasteiger partial charge in [-0.1, -0.05) is 44.2 Å². The number of hydrogen-bond donors (Lipinski definition) is 0. The molecule has 0 N–H and O–H groups in total. The molecule has 0 amide bonds. The summed E-state index contributed by atoms with van der Waals surface area (Å²) in [7, 11) is 0. The molecule has 0 atom stereocenters. The van der Waals surface area contributed by atoms with Crippen LogP contribution in [0.3, 0.4) is 0 Å². The maximum atomic E-state index is 5.60. The standard InChI is InChI=1S/C12H12O.C2H6/c1-3-6-10-9(2)13-12-8-5-4-7-11(10)12;1-2/h3-8H,1-2H3;1-2H3/b6-3+;. The molecule has 0 saturated heterocycles.